The molecule has 1 saturated heterocycles. The number of rotatable bonds is 6. The number of hydrogen-bond acceptors (Lipinski definition) is 6. The first kappa shape index (κ1) is 19.6. The molecule has 0 spiro atoms. The topological polar surface area (TPSA) is 74.5 Å². The maximum Gasteiger partial charge on any atom is 0.277 e. The molecule has 0 aliphatic carbocycles. The van der Waals surface area contributed by atoms with E-state index in [1.165, 1.54) is 11.8 Å². The molecule has 150 valence electrons. The van der Waals surface area contributed by atoms with Crippen molar-refractivity contribution < 1.29 is 9.21 Å². The number of aromatic nitrogens is 2. The van der Waals surface area contributed by atoms with E-state index in [4.69, 9.17) is 16.0 Å². The van der Waals surface area contributed by atoms with Crippen LogP contribution in [0.2, 0.25) is 5.02 Å². The fourth-order valence-electron chi connectivity index (χ4n) is 3.26. The van der Waals surface area contributed by atoms with Crippen molar-refractivity contribution >= 4 is 23.2 Å². The molecule has 1 amide bonds. The third kappa shape index (κ3) is 5.41. The zero-order chi connectivity index (χ0) is 20.1. The number of nitrogens with one attached hydrogen (secondary N) is 1. The van der Waals surface area contributed by atoms with Crippen LogP contribution in [0.5, 0.6) is 0 Å². The molecule has 0 unspecified atom stereocenters. The van der Waals surface area contributed by atoms with E-state index in [1.807, 2.05) is 12.4 Å². The summed E-state index contributed by atoms with van der Waals surface area (Å²) in [5.74, 6) is 0.248. The molecule has 4 rings (SSSR count). The maximum absolute atomic E-state index is 12.3. The van der Waals surface area contributed by atoms with Crippen molar-refractivity contribution in [3.8, 4) is 0 Å². The van der Waals surface area contributed by atoms with Gasteiger partial charge >= 0.3 is 0 Å². The highest BCUT2D eigenvalue weighted by Crippen LogP contribution is 2.15. The quantitative estimate of drug-likeness (QED) is 0.670. The molecule has 3 heterocycles. The van der Waals surface area contributed by atoms with Crippen LogP contribution in [0.15, 0.2) is 59.5 Å². The molecular formula is C21H22ClN5O2. The molecule has 0 radical (unpaired) electrons. The van der Waals surface area contributed by atoms with Crippen LogP contribution in [0.25, 0.3) is 0 Å². The first-order chi connectivity index (χ1) is 14.2. The van der Waals surface area contributed by atoms with E-state index in [9.17, 15) is 4.79 Å². The summed E-state index contributed by atoms with van der Waals surface area (Å²) in [5, 5.41) is 3.40. The SMILES string of the molecule is O=C(Nc1ccc(Cl)cc1)c1coc(CN2CCN(Cc3ccncc3)CC2)n1. The fraction of sp³-hybridized carbons (Fsp3) is 0.286. The van der Waals surface area contributed by atoms with Gasteiger partial charge in [0.15, 0.2) is 5.69 Å². The lowest BCUT2D eigenvalue weighted by molar-refractivity contribution is 0.102. The van der Waals surface area contributed by atoms with E-state index < -0.39 is 0 Å². The first-order valence-corrected chi connectivity index (χ1v) is 9.88. The number of benzene rings is 1. The lowest BCUT2D eigenvalue weighted by Crippen LogP contribution is -2.45. The number of anilines is 1. The minimum absolute atomic E-state index is 0.270. The van der Waals surface area contributed by atoms with Crippen LogP contribution in [0.3, 0.4) is 0 Å². The minimum Gasteiger partial charge on any atom is -0.447 e. The second-order valence-corrected chi connectivity index (χ2v) is 7.43. The molecule has 1 aliphatic heterocycles. The summed E-state index contributed by atoms with van der Waals surface area (Å²) in [4.78, 5) is 25.4. The molecule has 0 saturated carbocycles. The van der Waals surface area contributed by atoms with Crippen LogP contribution in [0.4, 0.5) is 5.69 Å². The number of amides is 1. The highest BCUT2D eigenvalue weighted by atomic mass is 35.5. The fourth-order valence-corrected chi connectivity index (χ4v) is 3.39. The molecular weight excluding hydrogens is 390 g/mol. The zero-order valence-corrected chi connectivity index (χ0v) is 16.7. The van der Waals surface area contributed by atoms with Crippen LogP contribution < -0.4 is 5.32 Å². The highest BCUT2D eigenvalue weighted by Gasteiger charge is 2.20. The van der Waals surface area contributed by atoms with Gasteiger partial charge in [-0.2, -0.15) is 0 Å². The van der Waals surface area contributed by atoms with Gasteiger partial charge in [-0.15, -0.1) is 0 Å². The Bertz CT molecular complexity index is 937. The molecule has 29 heavy (non-hydrogen) atoms. The lowest BCUT2D eigenvalue weighted by Gasteiger charge is -2.33. The van der Waals surface area contributed by atoms with Gasteiger partial charge in [0.25, 0.3) is 5.91 Å². The molecule has 1 N–H and O–H groups in total. The number of oxazole rings is 1. The third-order valence-corrected chi connectivity index (χ3v) is 5.12. The van der Waals surface area contributed by atoms with Crippen molar-refractivity contribution in [1.29, 1.82) is 0 Å². The summed E-state index contributed by atoms with van der Waals surface area (Å²) < 4.78 is 5.51. The standard InChI is InChI=1S/C21H22ClN5O2/c22-17-1-3-18(4-2-17)24-21(28)19-15-29-20(25-19)14-27-11-9-26(10-12-27)13-16-5-7-23-8-6-16/h1-8,15H,9-14H2,(H,24,28). The van der Waals surface area contributed by atoms with Crippen LogP contribution >= 0.6 is 11.6 Å². The van der Waals surface area contributed by atoms with Gasteiger partial charge in [0.1, 0.15) is 6.26 Å². The molecule has 8 heteroatoms. The lowest BCUT2D eigenvalue weighted by atomic mass is 10.2. The second kappa shape index (κ2) is 9.17. The van der Waals surface area contributed by atoms with Crippen molar-refractivity contribution in [1.82, 2.24) is 19.8 Å². The summed E-state index contributed by atoms with van der Waals surface area (Å²) in [6.07, 6.45) is 5.06. The summed E-state index contributed by atoms with van der Waals surface area (Å²) in [6, 6.07) is 11.0. The van der Waals surface area contributed by atoms with Gasteiger partial charge in [-0.1, -0.05) is 11.6 Å². The molecule has 1 fully saturated rings. The maximum atomic E-state index is 12.3. The van der Waals surface area contributed by atoms with Gasteiger partial charge < -0.3 is 9.73 Å². The summed E-state index contributed by atoms with van der Waals surface area (Å²) >= 11 is 5.86. The van der Waals surface area contributed by atoms with Crippen LogP contribution in [0.1, 0.15) is 21.9 Å². The van der Waals surface area contributed by atoms with E-state index in [0.29, 0.717) is 23.1 Å². The molecule has 1 aliphatic rings. The number of carbonyl (C=O) groups is 1. The molecule has 3 aromatic rings. The van der Waals surface area contributed by atoms with E-state index >= 15 is 0 Å². The van der Waals surface area contributed by atoms with Crippen LogP contribution in [-0.2, 0) is 13.1 Å². The van der Waals surface area contributed by atoms with Gasteiger partial charge in [0.2, 0.25) is 5.89 Å². The Morgan fingerprint density at radius 2 is 1.66 bits per heavy atom. The molecule has 0 bridgehead atoms. The average molecular weight is 412 g/mol. The minimum atomic E-state index is -0.301. The molecule has 0 atom stereocenters. The third-order valence-electron chi connectivity index (χ3n) is 4.87. The Kier molecular flexibility index (Phi) is 6.19. The number of halogens is 1. The summed E-state index contributed by atoms with van der Waals surface area (Å²) in [7, 11) is 0. The first-order valence-electron chi connectivity index (χ1n) is 9.51. The number of carbonyl (C=O) groups excluding carboxylic acids is 1. The zero-order valence-electron chi connectivity index (χ0n) is 15.9. The Labute approximate surface area is 174 Å². The normalized spacial score (nSPS) is 15.3. The Balaban J connectivity index is 1.26. The van der Waals surface area contributed by atoms with Crippen molar-refractivity contribution in [3.63, 3.8) is 0 Å². The Morgan fingerprint density at radius 3 is 2.34 bits per heavy atom. The van der Waals surface area contributed by atoms with Gasteiger partial charge in [0.05, 0.1) is 6.54 Å². The van der Waals surface area contributed by atoms with Crippen LogP contribution in [-0.4, -0.2) is 51.9 Å². The van der Waals surface area contributed by atoms with E-state index in [2.05, 4.69) is 37.2 Å². The van der Waals surface area contributed by atoms with Gasteiger partial charge in [-0.05, 0) is 42.0 Å². The molecule has 2 aromatic heterocycles. The van der Waals surface area contributed by atoms with E-state index in [0.717, 1.165) is 32.7 Å². The molecule has 7 nitrogen and oxygen atoms in total. The molecule has 1 aromatic carbocycles. The number of pyridine rings is 1. The monoisotopic (exact) mass is 411 g/mol. The predicted molar refractivity (Wildman–Crippen MR) is 111 cm³/mol. The van der Waals surface area contributed by atoms with Crippen molar-refractivity contribution in [2.75, 3.05) is 31.5 Å². The van der Waals surface area contributed by atoms with E-state index in [-0.39, 0.29) is 11.6 Å². The van der Waals surface area contributed by atoms with Gasteiger partial charge in [-0.25, -0.2) is 4.98 Å². The Hall–Kier alpha value is -2.74. The van der Waals surface area contributed by atoms with Crippen molar-refractivity contribution in [2.24, 2.45) is 0 Å². The predicted octanol–water partition coefficient (Wildman–Crippen LogP) is 3.29. The highest BCUT2D eigenvalue weighted by molar-refractivity contribution is 6.30. The number of nitrogens with zero attached hydrogens (tertiary/aromatic N) is 4. The number of piperazine rings is 1. The van der Waals surface area contributed by atoms with Crippen LogP contribution in [0, 0.1) is 0 Å². The summed E-state index contributed by atoms with van der Waals surface area (Å²) in [6.45, 7) is 5.35. The van der Waals surface area contributed by atoms with Crippen molar-refractivity contribution in [2.45, 2.75) is 13.1 Å². The second-order valence-electron chi connectivity index (χ2n) is 7.00. The van der Waals surface area contributed by atoms with Gasteiger partial charge in [0, 0.05) is 55.8 Å². The van der Waals surface area contributed by atoms with Crippen molar-refractivity contribution in [3.05, 3.63) is 77.2 Å². The smallest absolute Gasteiger partial charge is 0.277 e. The average Bonchev–Trinajstić information content (AvgIpc) is 3.21. The Morgan fingerprint density at radius 1 is 1.00 bits per heavy atom. The van der Waals surface area contributed by atoms with E-state index in [1.54, 1.807) is 24.3 Å². The number of hydrogen-bond donors (Lipinski definition) is 1. The summed E-state index contributed by atoms with van der Waals surface area (Å²) in [5.41, 5.74) is 2.21. The van der Waals surface area contributed by atoms with Gasteiger partial charge in [-0.3, -0.25) is 19.6 Å². The largest absolute Gasteiger partial charge is 0.447 e.